The van der Waals surface area contributed by atoms with Gasteiger partial charge in [0.1, 0.15) is 23.7 Å². The predicted octanol–water partition coefficient (Wildman–Crippen LogP) is 3.97. The van der Waals surface area contributed by atoms with Gasteiger partial charge in [0.15, 0.2) is 0 Å². The molecule has 0 aliphatic heterocycles. The average Bonchev–Trinajstić information content (AvgIpc) is 2.60. The third-order valence-corrected chi connectivity index (χ3v) is 4.54. The van der Waals surface area contributed by atoms with Gasteiger partial charge in [-0.15, -0.1) is 0 Å². The topological polar surface area (TPSA) is 62.9 Å². The molecule has 1 heterocycles. The molecule has 3 rings (SSSR count). The van der Waals surface area contributed by atoms with Crippen LogP contribution in [0.4, 0.5) is 0 Å². The second kappa shape index (κ2) is 7.81. The first-order chi connectivity index (χ1) is 12.5. The number of phenols is 1. The van der Waals surface area contributed by atoms with E-state index in [2.05, 4.69) is 0 Å². The average molecular weight is 374 g/mol. The number of ether oxygens (including phenoxy) is 1. The standard InChI is InChI=1S/C20H20ClNO4/c1-13-17(23)8-7-15-14(11-19(24)26-20(13)15)12-22(2)9-10-25-18-6-4-3-5-16(18)21/h3-8,11,23H,9-10,12H2,1-2H3. The van der Waals surface area contributed by atoms with Crippen molar-refractivity contribution >= 4 is 22.6 Å². The minimum absolute atomic E-state index is 0.110. The summed E-state index contributed by atoms with van der Waals surface area (Å²) < 4.78 is 11.0. The Bertz CT molecular complexity index is 983. The van der Waals surface area contributed by atoms with Gasteiger partial charge in [0.2, 0.25) is 0 Å². The van der Waals surface area contributed by atoms with Crippen LogP contribution in [0.25, 0.3) is 11.0 Å². The fraction of sp³-hybridized carbons (Fsp3) is 0.250. The molecular formula is C20H20ClNO4. The Kier molecular flexibility index (Phi) is 5.49. The molecule has 0 aliphatic carbocycles. The zero-order valence-corrected chi connectivity index (χ0v) is 15.4. The maximum absolute atomic E-state index is 11.9. The highest BCUT2D eigenvalue weighted by Crippen LogP contribution is 2.28. The number of aromatic hydroxyl groups is 1. The second-order valence-corrected chi connectivity index (χ2v) is 6.60. The van der Waals surface area contributed by atoms with Gasteiger partial charge in [-0.2, -0.15) is 0 Å². The summed E-state index contributed by atoms with van der Waals surface area (Å²) >= 11 is 6.08. The summed E-state index contributed by atoms with van der Waals surface area (Å²) in [5, 5.41) is 11.2. The van der Waals surface area contributed by atoms with E-state index >= 15 is 0 Å². The normalized spacial score (nSPS) is 11.2. The van der Waals surface area contributed by atoms with Crippen LogP contribution in [-0.2, 0) is 6.54 Å². The van der Waals surface area contributed by atoms with E-state index in [1.165, 1.54) is 6.07 Å². The van der Waals surface area contributed by atoms with E-state index in [-0.39, 0.29) is 5.75 Å². The molecule has 1 aromatic heterocycles. The van der Waals surface area contributed by atoms with Crippen LogP contribution in [0, 0.1) is 6.92 Å². The van der Waals surface area contributed by atoms with Gasteiger partial charge in [-0.25, -0.2) is 4.79 Å². The zero-order valence-electron chi connectivity index (χ0n) is 14.7. The summed E-state index contributed by atoms with van der Waals surface area (Å²) in [6, 6.07) is 12.2. The first-order valence-corrected chi connectivity index (χ1v) is 8.64. The number of hydrogen-bond acceptors (Lipinski definition) is 5. The van der Waals surface area contributed by atoms with Gasteiger partial charge in [0, 0.05) is 30.1 Å². The number of aryl methyl sites for hydroxylation is 1. The lowest BCUT2D eigenvalue weighted by Gasteiger charge is -2.18. The summed E-state index contributed by atoms with van der Waals surface area (Å²) in [5.41, 5.74) is 1.40. The minimum Gasteiger partial charge on any atom is -0.508 e. The van der Waals surface area contributed by atoms with E-state index < -0.39 is 5.63 Å². The third kappa shape index (κ3) is 4.00. The van der Waals surface area contributed by atoms with Gasteiger partial charge in [-0.05, 0) is 43.8 Å². The fourth-order valence-corrected chi connectivity index (χ4v) is 2.98. The smallest absolute Gasteiger partial charge is 0.336 e. The number of rotatable bonds is 6. The monoisotopic (exact) mass is 373 g/mol. The summed E-state index contributed by atoms with van der Waals surface area (Å²) in [6.45, 7) is 3.41. The van der Waals surface area contributed by atoms with Crippen molar-refractivity contribution in [1.29, 1.82) is 0 Å². The number of phenolic OH excluding ortho intramolecular Hbond substituents is 1. The molecule has 0 bridgehead atoms. The lowest BCUT2D eigenvalue weighted by Crippen LogP contribution is -2.24. The quantitative estimate of drug-likeness (QED) is 0.662. The van der Waals surface area contributed by atoms with Crippen LogP contribution < -0.4 is 10.4 Å². The molecule has 0 unspecified atom stereocenters. The van der Waals surface area contributed by atoms with Crippen molar-refractivity contribution in [2.75, 3.05) is 20.2 Å². The molecule has 0 amide bonds. The number of likely N-dealkylation sites (N-methyl/N-ethyl adjacent to an activating group) is 1. The molecule has 3 aromatic rings. The largest absolute Gasteiger partial charge is 0.508 e. The Morgan fingerprint density at radius 2 is 2.00 bits per heavy atom. The predicted molar refractivity (Wildman–Crippen MR) is 102 cm³/mol. The van der Waals surface area contributed by atoms with Gasteiger partial charge in [-0.1, -0.05) is 23.7 Å². The maximum Gasteiger partial charge on any atom is 0.336 e. The molecule has 1 N–H and O–H groups in total. The second-order valence-electron chi connectivity index (χ2n) is 6.19. The van der Waals surface area contributed by atoms with Crippen LogP contribution >= 0.6 is 11.6 Å². The van der Waals surface area contributed by atoms with Crippen LogP contribution in [0.15, 0.2) is 51.7 Å². The van der Waals surface area contributed by atoms with E-state index in [9.17, 15) is 9.90 Å². The summed E-state index contributed by atoms with van der Waals surface area (Å²) in [4.78, 5) is 13.9. The number of benzene rings is 2. The first kappa shape index (κ1) is 18.3. The lowest BCUT2D eigenvalue weighted by molar-refractivity contribution is 0.233. The Labute approximate surface area is 156 Å². The Morgan fingerprint density at radius 3 is 2.77 bits per heavy atom. The molecule has 0 saturated heterocycles. The van der Waals surface area contributed by atoms with Crippen LogP contribution in [0.1, 0.15) is 11.1 Å². The Hall–Kier alpha value is -2.50. The molecule has 0 radical (unpaired) electrons. The van der Waals surface area contributed by atoms with E-state index in [1.54, 1.807) is 25.1 Å². The molecule has 136 valence electrons. The zero-order chi connectivity index (χ0) is 18.7. The van der Waals surface area contributed by atoms with Crippen molar-refractivity contribution in [2.45, 2.75) is 13.5 Å². The van der Waals surface area contributed by atoms with Gasteiger partial charge >= 0.3 is 5.63 Å². The summed E-state index contributed by atoms with van der Waals surface area (Å²) in [7, 11) is 1.95. The molecule has 26 heavy (non-hydrogen) atoms. The van der Waals surface area contributed by atoms with Crippen molar-refractivity contribution in [3.05, 3.63) is 69.0 Å². The number of hydrogen-bond donors (Lipinski definition) is 1. The highest BCUT2D eigenvalue weighted by atomic mass is 35.5. The van der Waals surface area contributed by atoms with Crippen LogP contribution in [-0.4, -0.2) is 30.2 Å². The van der Waals surface area contributed by atoms with Crippen LogP contribution in [0.2, 0.25) is 5.02 Å². The Morgan fingerprint density at radius 1 is 1.23 bits per heavy atom. The summed E-state index contributed by atoms with van der Waals surface area (Å²) in [5.74, 6) is 0.763. The molecule has 0 saturated carbocycles. The van der Waals surface area contributed by atoms with E-state index in [1.807, 2.05) is 30.1 Å². The number of fused-ring (bicyclic) bond motifs is 1. The van der Waals surface area contributed by atoms with Gasteiger partial charge < -0.3 is 14.3 Å². The van der Waals surface area contributed by atoms with Crippen molar-refractivity contribution in [1.82, 2.24) is 4.90 Å². The van der Waals surface area contributed by atoms with Crippen molar-refractivity contribution in [3.8, 4) is 11.5 Å². The first-order valence-electron chi connectivity index (χ1n) is 8.27. The van der Waals surface area contributed by atoms with Crippen molar-refractivity contribution < 1.29 is 14.3 Å². The van der Waals surface area contributed by atoms with Gasteiger partial charge in [0.25, 0.3) is 0 Å². The van der Waals surface area contributed by atoms with Crippen molar-refractivity contribution in [2.24, 2.45) is 0 Å². The molecule has 5 nitrogen and oxygen atoms in total. The fourth-order valence-electron chi connectivity index (χ4n) is 2.79. The Balaban J connectivity index is 1.71. The number of nitrogens with zero attached hydrogens (tertiary/aromatic N) is 1. The number of para-hydroxylation sites is 1. The van der Waals surface area contributed by atoms with Gasteiger partial charge in [-0.3, -0.25) is 4.90 Å². The molecule has 0 spiro atoms. The van der Waals surface area contributed by atoms with Crippen LogP contribution in [0.3, 0.4) is 0 Å². The lowest BCUT2D eigenvalue weighted by atomic mass is 10.1. The van der Waals surface area contributed by atoms with Gasteiger partial charge in [0.05, 0.1) is 5.02 Å². The maximum atomic E-state index is 11.9. The molecule has 0 fully saturated rings. The molecule has 2 aromatic carbocycles. The SMILES string of the molecule is Cc1c(O)ccc2c(CN(C)CCOc3ccccc3Cl)cc(=O)oc12. The molecule has 6 heteroatoms. The van der Waals surface area contributed by atoms with E-state index in [0.29, 0.717) is 41.6 Å². The molecule has 0 atom stereocenters. The van der Waals surface area contributed by atoms with E-state index in [4.69, 9.17) is 20.8 Å². The third-order valence-electron chi connectivity index (χ3n) is 4.23. The highest BCUT2D eigenvalue weighted by molar-refractivity contribution is 6.32. The molecular weight excluding hydrogens is 354 g/mol. The molecule has 0 aliphatic rings. The van der Waals surface area contributed by atoms with E-state index in [0.717, 1.165) is 10.9 Å². The minimum atomic E-state index is -0.429. The van der Waals surface area contributed by atoms with Crippen molar-refractivity contribution in [3.63, 3.8) is 0 Å². The van der Waals surface area contributed by atoms with Crippen LogP contribution in [0.5, 0.6) is 11.5 Å². The summed E-state index contributed by atoms with van der Waals surface area (Å²) in [6.07, 6.45) is 0. The highest BCUT2D eigenvalue weighted by Gasteiger charge is 2.12. The number of halogens is 1.